The highest BCUT2D eigenvalue weighted by Gasteiger charge is 2.30. The summed E-state index contributed by atoms with van der Waals surface area (Å²) in [4.78, 5) is 26.2. The summed E-state index contributed by atoms with van der Waals surface area (Å²) < 4.78 is 38.8. The van der Waals surface area contributed by atoms with Gasteiger partial charge in [-0.15, -0.1) is 0 Å². The molecule has 41 heavy (non-hydrogen) atoms. The number of rotatable bonds is 10. The van der Waals surface area contributed by atoms with Crippen LogP contribution in [-0.2, 0) is 17.5 Å². The van der Waals surface area contributed by atoms with E-state index in [2.05, 4.69) is 33.8 Å². The molecule has 218 valence electrons. The molecule has 0 radical (unpaired) electrons. The van der Waals surface area contributed by atoms with Crippen LogP contribution in [0.25, 0.3) is 6.08 Å². The van der Waals surface area contributed by atoms with Gasteiger partial charge in [-0.2, -0.15) is 13.2 Å². The summed E-state index contributed by atoms with van der Waals surface area (Å²) in [5, 5.41) is 0. The number of piperidine rings is 1. The number of hydrogen-bond donors (Lipinski definition) is 0. The van der Waals surface area contributed by atoms with Crippen LogP contribution in [0.1, 0.15) is 29.5 Å². The number of benzene rings is 2. The van der Waals surface area contributed by atoms with Gasteiger partial charge in [0.15, 0.2) is 0 Å². The van der Waals surface area contributed by atoms with E-state index in [0.717, 1.165) is 68.1 Å². The monoisotopic (exact) mass is 565 g/mol. The first-order chi connectivity index (χ1) is 19.6. The summed E-state index contributed by atoms with van der Waals surface area (Å²) in [6.07, 6.45) is 3.94. The second kappa shape index (κ2) is 13.8. The highest BCUT2D eigenvalue weighted by atomic mass is 19.4. The Hall–Kier alpha value is -3.69. The van der Waals surface area contributed by atoms with Gasteiger partial charge in [-0.1, -0.05) is 24.3 Å². The van der Waals surface area contributed by atoms with Crippen LogP contribution in [0.5, 0.6) is 0 Å². The summed E-state index contributed by atoms with van der Waals surface area (Å²) in [5.41, 5.74) is 2.91. The average molecular weight is 566 g/mol. The molecule has 1 aromatic heterocycles. The number of nitrogens with zero attached hydrogens (tertiary/aromatic N) is 5. The number of hydrogen-bond acceptors (Lipinski definition) is 5. The molecule has 0 spiro atoms. The third-order valence-corrected chi connectivity index (χ3v) is 7.53. The molecule has 0 aliphatic carbocycles. The van der Waals surface area contributed by atoms with E-state index in [9.17, 15) is 18.0 Å². The summed E-state index contributed by atoms with van der Waals surface area (Å²) >= 11 is 0. The fraction of sp³-hybridized carbons (Fsp3) is 0.375. The van der Waals surface area contributed by atoms with Crippen molar-refractivity contribution in [1.82, 2.24) is 19.7 Å². The highest BCUT2D eigenvalue weighted by molar-refractivity contribution is 5.92. The minimum absolute atomic E-state index is 0.0783. The number of anilines is 2. The predicted octanol–water partition coefficient (Wildman–Crippen LogP) is 5.94. The number of pyridine rings is 1. The van der Waals surface area contributed by atoms with E-state index >= 15 is 0 Å². The molecule has 0 N–H and O–H groups in total. The maximum absolute atomic E-state index is 13.5. The fourth-order valence-corrected chi connectivity index (χ4v) is 4.97. The van der Waals surface area contributed by atoms with Crippen molar-refractivity contribution >= 4 is 23.4 Å². The summed E-state index contributed by atoms with van der Waals surface area (Å²) in [7, 11) is 6.13. The average Bonchev–Trinajstić information content (AvgIpc) is 2.98. The molecule has 9 heteroatoms. The van der Waals surface area contributed by atoms with Gasteiger partial charge in [-0.25, -0.2) is 0 Å². The van der Waals surface area contributed by atoms with E-state index in [-0.39, 0.29) is 11.9 Å². The standard InChI is InChI=1S/C32H38F3N5O/c1-37(2)22-23-39-20-16-30(17-21-39)40(31(41)13-8-25-4-9-27(10-5-25)32(33,34)35)24-26-6-11-28(12-7-26)38(3)29-14-18-36-19-15-29/h4-15,18-19,30H,16-17,20-24H2,1-3H3/b13-8+. The highest BCUT2D eigenvalue weighted by Crippen LogP contribution is 2.29. The number of carbonyl (C=O) groups is 1. The third-order valence-electron chi connectivity index (χ3n) is 7.53. The SMILES string of the molecule is CN(C)CCN1CCC(N(Cc2ccc(N(C)c3ccncc3)cc2)C(=O)/C=C/c2ccc(C(F)(F)F)cc2)CC1. The Bertz CT molecular complexity index is 1270. The van der Waals surface area contributed by atoms with Gasteiger partial charge in [0.1, 0.15) is 0 Å². The predicted molar refractivity (Wildman–Crippen MR) is 158 cm³/mol. The van der Waals surface area contributed by atoms with Crippen LogP contribution >= 0.6 is 0 Å². The van der Waals surface area contributed by atoms with Crippen LogP contribution < -0.4 is 4.90 Å². The molecule has 1 aliphatic rings. The zero-order valence-electron chi connectivity index (χ0n) is 23.9. The van der Waals surface area contributed by atoms with Crippen LogP contribution in [0.3, 0.4) is 0 Å². The second-order valence-corrected chi connectivity index (χ2v) is 10.7. The van der Waals surface area contributed by atoms with Gasteiger partial charge < -0.3 is 19.6 Å². The normalized spacial score (nSPS) is 15.0. The second-order valence-electron chi connectivity index (χ2n) is 10.7. The number of likely N-dealkylation sites (tertiary alicyclic amines) is 1. The lowest BCUT2D eigenvalue weighted by Gasteiger charge is -2.38. The van der Waals surface area contributed by atoms with Gasteiger partial charge in [0.25, 0.3) is 0 Å². The van der Waals surface area contributed by atoms with Gasteiger partial charge in [-0.3, -0.25) is 9.78 Å². The first kappa shape index (κ1) is 30.3. The van der Waals surface area contributed by atoms with Crippen molar-refractivity contribution in [2.24, 2.45) is 0 Å². The van der Waals surface area contributed by atoms with Crippen molar-refractivity contribution in [2.45, 2.75) is 31.6 Å². The molecule has 3 aromatic rings. The van der Waals surface area contributed by atoms with Crippen molar-refractivity contribution in [1.29, 1.82) is 0 Å². The summed E-state index contributed by atoms with van der Waals surface area (Å²) in [6, 6.07) is 17.0. The van der Waals surface area contributed by atoms with Gasteiger partial charge in [0.05, 0.1) is 5.56 Å². The first-order valence-electron chi connectivity index (χ1n) is 13.9. The summed E-state index contributed by atoms with van der Waals surface area (Å²) in [5.74, 6) is -0.144. The Morgan fingerprint density at radius 3 is 2.12 bits per heavy atom. The smallest absolute Gasteiger partial charge is 0.345 e. The molecule has 1 saturated heterocycles. The van der Waals surface area contributed by atoms with Gasteiger partial charge >= 0.3 is 6.18 Å². The molecule has 0 bridgehead atoms. The quantitative estimate of drug-likeness (QED) is 0.285. The molecular weight excluding hydrogens is 527 g/mol. The lowest BCUT2D eigenvalue weighted by molar-refractivity contribution is -0.137. The van der Waals surface area contributed by atoms with Crippen molar-refractivity contribution < 1.29 is 18.0 Å². The molecule has 0 atom stereocenters. The number of aromatic nitrogens is 1. The molecule has 4 rings (SSSR count). The zero-order chi connectivity index (χ0) is 29.4. The minimum atomic E-state index is -4.39. The van der Waals surface area contributed by atoms with Gasteiger partial charge in [0, 0.05) is 75.7 Å². The van der Waals surface area contributed by atoms with E-state index in [1.165, 1.54) is 18.2 Å². The Labute approximate surface area is 240 Å². The fourth-order valence-electron chi connectivity index (χ4n) is 4.97. The van der Waals surface area contributed by atoms with Crippen LogP contribution in [0.4, 0.5) is 24.5 Å². The van der Waals surface area contributed by atoms with Crippen LogP contribution in [0.2, 0.25) is 0 Å². The Balaban J connectivity index is 1.48. The zero-order valence-corrected chi connectivity index (χ0v) is 23.9. The molecule has 1 aliphatic heterocycles. The third kappa shape index (κ3) is 8.65. The van der Waals surface area contributed by atoms with Crippen molar-refractivity contribution in [2.75, 3.05) is 52.2 Å². The molecule has 0 unspecified atom stereocenters. The molecular formula is C32H38F3N5O. The number of alkyl halides is 3. The number of carbonyl (C=O) groups excluding carboxylic acids is 1. The first-order valence-corrected chi connectivity index (χ1v) is 13.9. The van der Waals surface area contributed by atoms with Crippen LogP contribution in [-0.4, -0.2) is 79.0 Å². The maximum Gasteiger partial charge on any atom is 0.416 e. The molecule has 2 heterocycles. The topological polar surface area (TPSA) is 42.9 Å². The lowest BCUT2D eigenvalue weighted by atomic mass is 10.0. The minimum Gasteiger partial charge on any atom is -0.345 e. The van der Waals surface area contributed by atoms with Crippen LogP contribution in [0.15, 0.2) is 79.1 Å². The van der Waals surface area contributed by atoms with Crippen LogP contribution in [0, 0.1) is 0 Å². The largest absolute Gasteiger partial charge is 0.416 e. The van der Waals surface area contributed by atoms with Crippen molar-refractivity contribution in [3.63, 3.8) is 0 Å². The maximum atomic E-state index is 13.5. The molecule has 1 fully saturated rings. The number of likely N-dealkylation sites (N-methyl/N-ethyl adjacent to an activating group) is 1. The van der Waals surface area contributed by atoms with E-state index in [1.807, 2.05) is 48.3 Å². The molecule has 1 amide bonds. The molecule has 0 saturated carbocycles. The van der Waals surface area contributed by atoms with E-state index in [0.29, 0.717) is 12.1 Å². The van der Waals surface area contributed by atoms with E-state index < -0.39 is 11.7 Å². The van der Waals surface area contributed by atoms with Crippen molar-refractivity contribution in [3.05, 3.63) is 95.8 Å². The van der Waals surface area contributed by atoms with Gasteiger partial charge in [0.2, 0.25) is 5.91 Å². The molecule has 2 aromatic carbocycles. The Morgan fingerprint density at radius 1 is 0.927 bits per heavy atom. The lowest BCUT2D eigenvalue weighted by Crippen LogP contribution is -2.47. The van der Waals surface area contributed by atoms with E-state index in [4.69, 9.17) is 0 Å². The van der Waals surface area contributed by atoms with Crippen molar-refractivity contribution in [3.8, 4) is 0 Å². The Morgan fingerprint density at radius 2 is 1.54 bits per heavy atom. The Kier molecular flexibility index (Phi) is 10.2. The van der Waals surface area contributed by atoms with E-state index in [1.54, 1.807) is 18.5 Å². The molecule has 6 nitrogen and oxygen atoms in total. The summed E-state index contributed by atoms with van der Waals surface area (Å²) in [6.45, 7) is 4.27. The van der Waals surface area contributed by atoms with Gasteiger partial charge in [-0.05, 0) is 80.5 Å². The number of amides is 1. The number of halogens is 3.